The molecule has 0 bridgehead atoms. The predicted octanol–water partition coefficient (Wildman–Crippen LogP) is 4.99. The van der Waals surface area contributed by atoms with Gasteiger partial charge in [0.25, 0.3) is 0 Å². The zero-order chi connectivity index (χ0) is 18.2. The number of benzene rings is 2. The quantitative estimate of drug-likeness (QED) is 0.574. The van der Waals surface area contributed by atoms with Crippen molar-refractivity contribution in [2.24, 2.45) is 0 Å². The molecule has 2 aromatic carbocycles. The van der Waals surface area contributed by atoms with Gasteiger partial charge in [-0.2, -0.15) is 0 Å². The van der Waals surface area contributed by atoms with E-state index in [0.29, 0.717) is 6.61 Å². The summed E-state index contributed by atoms with van der Waals surface area (Å²) in [5, 5.41) is 0. The number of pyridine rings is 1. The summed E-state index contributed by atoms with van der Waals surface area (Å²) in [7, 11) is 0. The van der Waals surface area contributed by atoms with Gasteiger partial charge in [-0.3, -0.25) is 9.88 Å². The Morgan fingerprint density at radius 3 is 2.15 bits per heavy atom. The number of rotatable bonds is 8. The molecule has 3 nitrogen and oxygen atoms in total. The number of ether oxygens (including phenoxy) is 1. The molecule has 1 heterocycles. The van der Waals surface area contributed by atoms with E-state index < -0.39 is 0 Å². The lowest BCUT2D eigenvalue weighted by molar-refractivity contribution is 0.241. The summed E-state index contributed by atoms with van der Waals surface area (Å²) in [6.07, 6.45) is 3.71. The molecule has 134 valence electrons. The highest BCUT2D eigenvalue weighted by Crippen LogP contribution is 2.22. The molecule has 0 radical (unpaired) electrons. The summed E-state index contributed by atoms with van der Waals surface area (Å²) in [6.45, 7) is 7.43. The van der Waals surface area contributed by atoms with E-state index in [1.807, 2.05) is 25.4 Å². The molecule has 0 aliphatic heterocycles. The summed E-state index contributed by atoms with van der Waals surface area (Å²) in [5.41, 5.74) is 5.09. The fraction of sp³-hybridized carbons (Fsp3) is 0.261. The second-order valence-electron chi connectivity index (χ2n) is 6.53. The first-order valence-corrected chi connectivity index (χ1v) is 9.12. The topological polar surface area (TPSA) is 25.4 Å². The monoisotopic (exact) mass is 346 g/mol. The molecule has 0 aliphatic rings. The van der Waals surface area contributed by atoms with Crippen LogP contribution in [-0.4, -0.2) is 16.5 Å². The van der Waals surface area contributed by atoms with Crippen molar-refractivity contribution in [1.29, 1.82) is 0 Å². The van der Waals surface area contributed by atoms with Crippen LogP contribution in [0.25, 0.3) is 0 Å². The maximum atomic E-state index is 5.82. The fourth-order valence-electron chi connectivity index (χ4n) is 3.04. The zero-order valence-corrected chi connectivity index (χ0v) is 15.6. The van der Waals surface area contributed by atoms with E-state index in [1.165, 1.54) is 22.3 Å². The van der Waals surface area contributed by atoms with Crippen molar-refractivity contribution < 1.29 is 4.74 Å². The van der Waals surface area contributed by atoms with Gasteiger partial charge in [-0.1, -0.05) is 48.0 Å². The molecular formula is C23H26N2O. The number of aromatic nitrogens is 1. The molecule has 3 aromatic rings. The van der Waals surface area contributed by atoms with Crippen molar-refractivity contribution in [3.63, 3.8) is 0 Å². The summed E-state index contributed by atoms with van der Waals surface area (Å²) in [6, 6.07) is 21.2. The van der Waals surface area contributed by atoms with E-state index in [2.05, 4.69) is 71.4 Å². The highest BCUT2D eigenvalue weighted by molar-refractivity contribution is 5.33. The van der Waals surface area contributed by atoms with Crippen molar-refractivity contribution >= 4 is 0 Å². The van der Waals surface area contributed by atoms with Gasteiger partial charge in [-0.05, 0) is 43.2 Å². The molecule has 3 rings (SSSR count). The van der Waals surface area contributed by atoms with E-state index in [-0.39, 0.29) is 0 Å². The first-order chi connectivity index (χ1) is 12.7. The first-order valence-electron chi connectivity index (χ1n) is 9.12. The van der Waals surface area contributed by atoms with Gasteiger partial charge in [0.05, 0.1) is 6.61 Å². The van der Waals surface area contributed by atoms with Gasteiger partial charge in [0, 0.05) is 37.6 Å². The molecule has 3 heteroatoms. The highest BCUT2D eigenvalue weighted by Gasteiger charge is 2.11. The van der Waals surface area contributed by atoms with E-state index in [0.717, 1.165) is 25.4 Å². The van der Waals surface area contributed by atoms with Crippen LogP contribution in [0, 0.1) is 6.92 Å². The van der Waals surface area contributed by atoms with Gasteiger partial charge in [0.1, 0.15) is 5.75 Å². The van der Waals surface area contributed by atoms with Crippen LogP contribution in [0.2, 0.25) is 0 Å². The van der Waals surface area contributed by atoms with Crippen LogP contribution in [0.4, 0.5) is 0 Å². The Balaban J connectivity index is 1.81. The van der Waals surface area contributed by atoms with Gasteiger partial charge in [-0.15, -0.1) is 0 Å². The Labute approximate surface area is 156 Å². The highest BCUT2D eigenvalue weighted by atomic mass is 16.5. The Morgan fingerprint density at radius 1 is 0.808 bits per heavy atom. The summed E-state index contributed by atoms with van der Waals surface area (Å²) in [5.74, 6) is 0.971. The zero-order valence-electron chi connectivity index (χ0n) is 15.6. The molecule has 26 heavy (non-hydrogen) atoms. The van der Waals surface area contributed by atoms with Crippen molar-refractivity contribution in [3.8, 4) is 5.75 Å². The molecule has 0 aliphatic carbocycles. The first kappa shape index (κ1) is 18.2. The molecule has 0 saturated heterocycles. The number of aryl methyl sites for hydroxylation is 1. The van der Waals surface area contributed by atoms with Gasteiger partial charge in [0.15, 0.2) is 0 Å². The van der Waals surface area contributed by atoms with Crippen LogP contribution in [0.1, 0.15) is 29.2 Å². The Hall–Kier alpha value is -2.65. The Morgan fingerprint density at radius 2 is 1.46 bits per heavy atom. The van der Waals surface area contributed by atoms with Gasteiger partial charge in [0.2, 0.25) is 0 Å². The fourth-order valence-corrected chi connectivity index (χ4v) is 3.04. The van der Waals surface area contributed by atoms with E-state index in [4.69, 9.17) is 4.74 Å². The second-order valence-corrected chi connectivity index (χ2v) is 6.53. The number of para-hydroxylation sites is 1. The normalized spacial score (nSPS) is 10.9. The van der Waals surface area contributed by atoms with Crippen molar-refractivity contribution in [2.75, 3.05) is 6.61 Å². The SMILES string of the molecule is CCOc1ccccc1CN(Cc1ccncc1)Cc1ccc(C)cc1. The molecule has 0 amide bonds. The molecule has 1 aromatic heterocycles. The molecule has 0 saturated carbocycles. The minimum Gasteiger partial charge on any atom is -0.494 e. The van der Waals surface area contributed by atoms with Crippen LogP contribution < -0.4 is 4.74 Å². The van der Waals surface area contributed by atoms with E-state index in [1.54, 1.807) is 0 Å². The number of nitrogens with zero attached hydrogens (tertiary/aromatic N) is 2. The molecule has 0 N–H and O–H groups in total. The van der Waals surface area contributed by atoms with Crippen LogP contribution >= 0.6 is 0 Å². The molecule has 0 fully saturated rings. The van der Waals surface area contributed by atoms with Crippen LogP contribution in [0.5, 0.6) is 5.75 Å². The van der Waals surface area contributed by atoms with E-state index in [9.17, 15) is 0 Å². The molecule has 0 unspecified atom stereocenters. The summed E-state index contributed by atoms with van der Waals surface area (Å²) < 4.78 is 5.82. The lowest BCUT2D eigenvalue weighted by Gasteiger charge is -2.24. The van der Waals surface area contributed by atoms with Crippen molar-refractivity contribution in [1.82, 2.24) is 9.88 Å². The van der Waals surface area contributed by atoms with Crippen LogP contribution in [-0.2, 0) is 19.6 Å². The maximum absolute atomic E-state index is 5.82. The minimum atomic E-state index is 0.680. The number of hydrogen-bond acceptors (Lipinski definition) is 3. The average Bonchev–Trinajstić information content (AvgIpc) is 2.66. The molecular weight excluding hydrogens is 320 g/mol. The predicted molar refractivity (Wildman–Crippen MR) is 106 cm³/mol. The lowest BCUT2D eigenvalue weighted by Crippen LogP contribution is -2.22. The lowest BCUT2D eigenvalue weighted by atomic mass is 10.1. The van der Waals surface area contributed by atoms with Crippen LogP contribution in [0.15, 0.2) is 73.1 Å². The minimum absolute atomic E-state index is 0.680. The van der Waals surface area contributed by atoms with Crippen molar-refractivity contribution in [3.05, 3.63) is 95.3 Å². The summed E-state index contributed by atoms with van der Waals surface area (Å²) >= 11 is 0. The van der Waals surface area contributed by atoms with Gasteiger partial charge >= 0.3 is 0 Å². The van der Waals surface area contributed by atoms with E-state index >= 15 is 0 Å². The third-order valence-corrected chi connectivity index (χ3v) is 4.35. The smallest absolute Gasteiger partial charge is 0.123 e. The Bertz CT molecular complexity index is 800. The van der Waals surface area contributed by atoms with Crippen LogP contribution in [0.3, 0.4) is 0 Å². The summed E-state index contributed by atoms with van der Waals surface area (Å²) in [4.78, 5) is 6.57. The van der Waals surface area contributed by atoms with Crippen molar-refractivity contribution in [2.45, 2.75) is 33.5 Å². The second kappa shape index (κ2) is 9.16. The third kappa shape index (κ3) is 5.17. The van der Waals surface area contributed by atoms with Gasteiger partial charge < -0.3 is 4.74 Å². The average molecular weight is 346 g/mol. The molecule has 0 atom stereocenters. The largest absolute Gasteiger partial charge is 0.494 e. The Kier molecular flexibility index (Phi) is 6.39. The third-order valence-electron chi connectivity index (χ3n) is 4.35. The van der Waals surface area contributed by atoms with Gasteiger partial charge in [-0.25, -0.2) is 0 Å². The maximum Gasteiger partial charge on any atom is 0.123 e. The molecule has 0 spiro atoms. The standard InChI is InChI=1S/C23H26N2O/c1-3-26-23-7-5-4-6-22(23)18-25(17-21-12-14-24-15-13-21)16-20-10-8-19(2)9-11-20/h4-15H,3,16-18H2,1-2H3. The number of hydrogen-bond donors (Lipinski definition) is 0.